The summed E-state index contributed by atoms with van der Waals surface area (Å²) in [5, 5.41) is 4.05. The van der Waals surface area contributed by atoms with Crippen LogP contribution in [-0.2, 0) is 16.1 Å². The van der Waals surface area contributed by atoms with E-state index in [0.29, 0.717) is 31.2 Å². The molecule has 1 N–H and O–H groups in total. The van der Waals surface area contributed by atoms with Crippen molar-refractivity contribution in [3.63, 3.8) is 0 Å². The number of ether oxygens (including phenoxy) is 1. The molecule has 25 heavy (non-hydrogen) atoms. The lowest BCUT2D eigenvalue weighted by atomic mass is 10.0. The summed E-state index contributed by atoms with van der Waals surface area (Å²) in [7, 11) is 0. The van der Waals surface area contributed by atoms with Gasteiger partial charge in [0.25, 0.3) is 0 Å². The van der Waals surface area contributed by atoms with Crippen molar-refractivity contribution in [3.05, 3.63) is 70.7 Å². The fourth-order valence-corrected chi connectivity index (χ4v) is 3.36. The lowest BCUT2D eigenvalue weighted by molar-refractivity contribution is -0.135. The molecular formula is C20H23ClN2O2. The molecule has 0 radical (unpaired) electrons. The van der Waals surface area contributed by atoms with Crippen LogP contribution < -0.4 is 5.32 Å². The molecule has 1 heterocycles. The third-order valence-electron chi connectivity index (χ3n) is 4.40. The molecule has 1 saturated heterocycles. The second-order valence-corrected chi connectivity index (χ2v) is 6.52. The van der Waals surface area contributed by atoms with Crippen molar-refractivity contribution in [2.24, 2.45) is 0 Å². The van der Waals surface area contributed by atoms with Gasteiger partial charge in [0.15, 0.2) is 0 Å². The Labute approximate surface area is 153 Å². The summed E-state index contributed by atoms with van der Waals surface area (Å²) in [6, 6.07) is 17.7. The van der Waals surface area contributed by atoms with Gasteiger partial charge < -0.3 is 15.0 Å². The second kappa shape index (κ2) is 8.99. The molecule has 0 saturated carbocycles. The van der Waals surface area contributed by atoms with E-state index in [2.05, 4.69) is 5.32 Å². The average molecular weight is 359 g/mol. The Morgan fingerprint density at radius 2 is 1.92 bits per heavy atom. The molecule has 1 aliphatic heterocycles. The molecule has 2 aromatic rings. The van der Waals surface area contributed by atoms with Gasteiger partial charge in [-0.15, -0.1) is 0 Å². The number of hydrogen-bond donors (Lipinski definition) is 1. The fourth-order valence-electron chi connectivity index (χ4n) is 3.09. The Morgan fingerprint density at radius 1 is 1.16 bits per heavy atom. The van der Waals surface area contributed by atoms with Crippen molar-refractivity contribution in [2.75, 3.05) is 26.2 Å². The zero-order valence-electron chi connectivity index (χ0n) is 14.2. The first kappa shape index (κ1) is 17.9. The maximum Gasteiger partial charge on any atom is 0.225 e. The van der Waals surface area contributed by atoms with E-state index in [4.69, 9.17) is 16.3 Å². The van der Waals surface area contributed by atoms with Gasteiger partial charge in [0.2, 0.25) is 5.91 Å². The minimum atomic E-state index is -0.0240. The number of halogens is 1. The van der Waals surface area contributed by atoms with E-state index in [1.54, 1.807) is 0 Å². The normalized spacial score (nSPS) is 17.5. The van der Waals surface area contributed by atoms with E-state index in [1.165, 1.54) is 0 Å². The Bertz CT molecular complexity index is 693. The van der Waals surface area contributed by atoms with Gasteiger partial charge in [0, 0.05) is 24.7 Å². The lowest BCUT2D eigenvalue weighted by Gasteiger charge is -2.37. The largest absolute Gasteiger partial charge is 0.376 e. The molecule has 1 amide bonds. The summed E-state index contributed by atoms with van der Waals surface area (Å²) < 4.78 is 5.66. The predicted octanol–water partition coefficient (Wildman–Crippen LogP) is 3.42. The van der Waals surface area contributed by atoms with Crippen molar-refractivity contribution in [2.45, 2.75) is 19.1 Å². The number of piperazine rings is 1. The van der Waals surface area contributed by atoms with Crippen LogP contribution in [0.1, 0.15) is 23.6 Å². The number of carbonyl (C=O) groups excluding carboxylic acids is 1. The van der Waals surface area contributed by atoms with Crippen LogP contribution >= 0.6 is 11.6 Å². The third kappa shape index (κ3) is 4.82. The monoisotopic (exact) mass is 358 g/mol. The van der Waals surface area contributed by atoms with Crippen LogP contribution in [0.15, 0.2) is 54.6 Å². The highest BCUT2D eigenvalue weighted by Gasteiger charge is 2.28. The van der Waals surface area contributed by atoms with Crippen LogP contribution in [0.3, 0.4) is 0 Å². The number of amides is 1. The van der Waals surface area contributed by atoms with Gasteiger partial charge in [-0.2, -0.15) is 0 Å². The smallest absolute Gasteiger partial charge is 0.225 e. The predicted molar refractivity (Wildman–Crippen MR) is 99.5 cm³/mol. The lowest BCUT2D eigenvalue weighted by Crippen LogP contribution is -2.49. The topological polar surface area (TPSA) is 41.6 Å². The van der Waals surface area contributed by atoms with Gasteiger partial charge in [0.1, 0.15) is 0 Å². The van der Waals surface area contributed by atoms with E-state index in [9.17, 15) is 4.79 Å². The summed E-state index contributed by atoms with van der Waals surface area (Å²) in [4.78, 5) is 14.6. The average Bonchev–Trinajstić information content (AvgIpc) is 2.66. The van der Waals surface area contributed by atoms with Crippen molar-refractivity contribution in [1.82, 2.24) is 10.2 Å². The summed E-state index contributed by atoms with van der Waals surface area (Å²) in [5.74, 6) is 0.111. The SMILES string of the molecule is O=C(CCOCc1ccccc1)N1CCNCC1c1ccccc1Cl. The third-order valence-corrected chi connectivity index (χ3v) is 4.74. The van der Waals surface area contributed by atoms with Crippen LogP contribution in [0.25, 0.3) is 0 Å². The summed E-state index contributed by atoms with van der Waals surface area (Å²) >= 11 is 6.33. The van der Waals surface area contributed by atoms with E-state index >= 15 is 0 Å². The fraction of sp³-hybridized carbons (Fsp3) is 0.350. The summed E-state index contributed by atoms with van der Waals surface area (Å²) in [6.45, 7) is 3.17. The summed E-state index contributed by atoms with van der Waals surface area (Å²) in [6.07, 6.45) is 0.383. The summed E-state index contributed by atoms with van der Waals surface area (Å²) in [5.41, 5.74) is 2.11. The Kier molecular flexibility index (Phi) is 6.45. The van der Waals surface area contributed by atoms with Gasteiger partial charge in [0.05, 0.1) is 25.7 Å². The van der Waals surface area contributed by atoms with Crippen LogP contribution in [0, 0.1) is 0 Å². The second-order valence-electron chi connectivity index (χ2n) is 6.12. The zero-order chi connectivity index (χ0) is 17.5. The number of rotatable bonds is 6. The van der Waals surface area contributed by atoms with Gasteiger partial charge in [-0.3, -0.25) is 4.79 Å². The van der Waals surface area contributed by atoms with Crippen LogP contribution in [0.2, 0.25) is 5.02 Å². The molecule has 0 aliphatic carbocycles. The molecule has 2 aromatic carbocycles. The molecule has 132 valence electrons. The van der Waals surface area contributed by atoms with E-state index < -0.39 is 0 Å². The maximum atomic E-state index is 12.7. The highest BCUT2D eigenvalue weighted by Crippen LogP contribution is 2.28. The zero-order valence-corrected chi connectivity index (χ0v) is 14.9. The molecule has 0 spiro atoms. The molecule has 1 atom stereocenters. The molecular weight excluding hydrogens is 336 g/mol. The minimum Gasteiger partial charge on any atom is -0.376 e. The standard InChI is InChI=1S/C20H23ClN2O2/c21-18-9-5-4-8-17(18)19-14-22-11-12-23(19)20(24)10-13-25-15-16-6-2-1-3-7-16/h1-9,19,22H,10-15H2. The van der Waals surface area contributed by atoms with Crippen molar-refractivity contribution in [1.29, 1.82) is 0 Å². The van der Waals surface area contributed by atoms with E-state index in [1.807, 2.05) is 59.5 Å². The molecule has 1 unspecified atom stereocenters. The molecule has 0 aromatic heterocycles. The quantitative estimate of drug-likeness (QED) is 0.804. The van der Waals surface area contributed by atoms with E-state index in [-0.39, 0.29) is 11.9 Å². The maximum absolute atomic E-state index is 12.7. The Hall–Kier alpha value is -1.88. The van der Waals surface area contributed by atoms with E-state index in [0.717, 1.165) is 24.2 Å². The van der Waals surface area contributed by atoms with Crippen LogP contribution in [-0.4, -0.2) is 37.0 Å². The van der Waals surface area contributed by atoms with Crippen molar-refractivity contribution >= 4 is 17.5 Å². The number of nitrogens with zero attached hydrogens (tertiary/aromatic N) is 1. The Balaban J connectivity index is 1.55. The molecule has 5 heteroatoms. The van der Waals surface area contributed by atoms with Crippen LogP contribution in [0.4, 0.5) is 0 Å². The van der Waals surface area contributed by atoms with Crippen LogP contribution in [0.5, 0.6) is 0 Å². The van der Waals surface area contributed by atoms with Crippen molar-refractivity contribution < 1.29 is 9.53 Å². The first-order valence-electron chi connectivity index (χ1n) is 8.62. The number of nitrogens with one attached hydrogen (secondary N) is 1. The van der Waals surface area contributed by atoms with Gasteiger partial charge >= 0.3 is 0 Å². The highest BCUT2D eigenvalue weighted by atomic mass is 35.5. The molecule has 0 bridgehead atoms. The Morgan fingerprint density at radius 3 is 2.72 bits per heavy atom. The van der Waals surface area contributed by atoms with Gasteiger partial charge in [-0.25, -0.2) is 0 Å². The van der Waals surface area contributed by atoms with Gasteiger partial charge in [-0.1, -0.05) is 60.1 Å². The van der Waals surface area contributed by atoms with Crippen molar-refractivity contribution in [3.8, 4) is 0 Å². The molecule has 3 rings (SSSR count). The molecule has 1 aliphatic rings. The van der Waals surface area contributed by atoms with Gasteiger partial charge in [-0.05, 0) is 17.2 Å². The number of benzene rings is 2. The number of hydrogen-bond acceptors (Lipinski definition) is 3. The minimum absolute atomic E-state index is 0.0240. The molecule has 4 nitrogen and oxygen atoms in total. The first-order valence-corrected chi connectivity index (χ1v) is 9.00. The molecule has 1 fully saturated rings. The first-order chi connectivity index (χ1) is 12.3. The highest BCUT2D eigenvalue weighted by molar-refractivity contribution is 6.31. The number of carbonyl (C=O) groups is 1.